The molecule has 0 bridgehead atoms. The van der Waals surface area contributed by atoms with Gasteiger partial charge in [0.15, 0.2) is 0 Å². The molecule has 0 saturated carbocycles. The molecule has 7 nitrogen and oxygen atoms in total. The number of hydrogen-bond acceptors (Lipinski definition) is 6. The monoisotopic (exact) mass is 277 g/mol. The topological polar surface area (TPSA) is 95.9 Å². The van der Waals surface area contributed by atoms with E-state index in [1.54, 1.807) is 18.2 Å². The van der Waals surface area contributed by atoms with E-state index in [4.69, 9.17) is 10.5 Å². The molecule has 1 aromatic carbocycles. The Balaban J connectivity index is 2.30. The third-order valence-electron chi connectivity index (χ3n) is 2.54. The molecular formula is C12H12FN5O2. The van der Waals surface area contributed by atoms with E-state index in [9.17, 15) is 9.18 Å². The zero-order valence-electron chi connectivity index (χ0n) is 10.7. The Kier molecular flexibility index (Phi) is 4.04. The molecule has 8 heteroatoms. The van der Waals surface area contributed by atoms with Crippen LogP contribution in [0.15, 0.2) is 29.8 Å². The molecule has 0 radical (unpaired) electrons. The summed E-state index contributed by atoms with van der Waals surface area (Å²) < 4.78 is 18.8. The molecule has 0 saturated heterocycles. The fraction of sp³-hybridized carbons (Fsp3) is 0.167. The Morgan fingerprint density at radius 2 is 2.15 bits per heavy atom. The summed E-state index contributed by atoms with van der Waals surface area (Å²) in [6.45, 7) is 0.0584. The lowest BCUT2D eigenvalue weighted by molar-refractivity contribution is -0.136. The minimum absolute atomic E-state index is 0.0584. The van der Waals surface area contributed by atoms with Crippen molar-refractivity contribution in [1.29, 1.82) is 0 Å². The van der Waals surface area contributed by atoms with Crippen molar-refractivity contribution in [2.75, 3.05) is 12.8 Å². The molecule has 1 heterocycles. The Labute approximate surface area is 113 Å². The second-order valence-electron chi connectivity index (χ2n) is 3.91. The third-order valence-corrected chi connectivity index (χ3v) is 2.54. The van der Waals surface area contributed by atoms with Gasteiger partial charge in [0.25, 0.3) is 0 Å². The number of esters is 1. The fourth-order valence-electron chi connectivity index (χ4n) is 1.55. The molecule has 0 aliphatic rings. The number of carbonyl (C=O) groups excluding carboxylic acids is 1. The van der Waals surface area contributed by atoms with Gasteiger partial charge in [-0.05, 0) is 34.2 Å². The molecule has 2 N–H and O–H groups in total. The van der Waals surface area contributed by atoms with Gasteiger partial charge in [-0.2, -0.15) is 0 Å². The highest BCUT2D eigenvalue weighted by Crippen LogP contribution is 2.12. The number of hydrogen-bond donors (Lipinski definition) is 1. The lowest BCUT2D eigenvalue weighted by atomic mass is 10.1. The number of anilines is 1. The molecule has 20 heavy (non-hydrogen) atoms. The SMILES string of the molecule is COC(=O)/C(=C/c1ccc(F)cc1)Cn1nnnc1N. The van der Waals surface area contributed by atoms with E-state index in [0.29, 0.717) is 5.56 Å². The van der Waals surface area contributed by atoms with E-state index in [0.717, 1.165) is 0 Å². The zero-order chi connectivity index (χ0) is 14.5. The van der Waals surface area contributed by atoms with Crippen LogP contribution in [0.25, 0.3) is 6.08 Å². The number of nitrogen functional groups attached to an aromatic ring is 1. The third kappa shape index (κ3) is 3.16. The minimum atomic E-state index is -0.538. The molecule has 0 atom stereocenters. The lowest BCUT2D eigenvalue weighted by Gasteiger charge is -2.06. The lowest BCUT2D eigenvalue weighted by Crippen LogP contribution is -2.14. The molecule has 0 fully saturated rings. The highest BCUT2D eigenvalue weighted by molar-refractivity contribution is 5.93. The molecule has 0 spiro atoms. The number of nitrogens with two attached hydrogens (primary N) is 1. The van der Waals surface area contributed by atoms with Crippen LogP contribution >= 0.6 is 0 Å². The summed E-state index contributed by atoms with van der Waals surface area (Å²) >= 11 is 0. The van der Waals surface area contributed by atoms with Crippen LogP contribution in [0.5, 0.6) is 0 Å². The first kappa shape index (κ1) is 13.7. The van der Waals surface area contributed by atoms with Gasteiger partial charge in [-0.25, -0.2) is 13.9 Å². The number of methoxy groups -OCH3 is 1. The summed E-state index contributed by atoms with van der Waals surface area (Å²) in [6.07, 6.45) is 1.56. The van der Waals surface area contributed by atoms with Crippen molar-refractivity contribution in [1.82, 2.24) is 20.2 Å². The summed E-state index contributed by atoms with van der Waals surface area (Å²) in [5, 5.41) is 10.6. The summed E-state index contributed by atoms with van der Waals surface area (Å²) in [7, 11) is 1.27. The highest BCUT2D eigenvalue weighted by atomic mass is 19.1. The van der Waals surface area contributed by atoms with Crippen molar-refractivity contribution >= 4 is 18.0 Å². The van der Waals surface area contributed by atoms with Crippen LogP contribution in [-0.4, -0.2) is 33.3 Å². The maximum atomic E-state index is 12.8. The standard InChI is InChI=1S/C12H12FN5O2/c1-20-11(19)9(7-18-12(14)15-16-17-18)6-8-2-4-10(13)5-3-8/h2-6H,7H2,1H3,(H2,14,15,17)/b9-6+. The molecule has 0 aliphatic carbocycles. The quantitative estimate of drug-likeness (QED) is 0.651. The van der Waals surface area contributed by atoms with E-state index in [-0.39, 0.29) is 23.9 Å². The molecule has 0 amide bonds. The smallest absolute Gasteiger partial charge is 0.335 e. The van der Waals surface area contributed by atoms with Gasteiger partial charge >= 0.3 is 5.97 Å². The van der Waals surface area contributed by atoms with Gasteiger partial charge in [0, 0.05) is 0 Å². The molecule has 0 unspecified atom stereocenters. The summed E-state index contributed by atoms with van der Waals surface area (Å²) in [5.74, 6) is -0.811. The number of carbonyl (C=O) groups is 1. The number of tetrazole rings is 1. The van der Waals surface area contributed by atoms with Crippen molar-refractivity contribution in [3.05, 3.63) is 41.2 Å². The Morgan fingerprint density at radius 3 is 2.70 bits per heavy atom. The molecule has 2 aromatic rings. The molecule has 2 rings (SSSR count). The Hall–Kier alpha value is -2.77. The largest absolute Gasteiger partial charge is 0.466 e. The minimum Gasteiger partial charge on any atom is -0.466 e. The van der Waals surface area contributed by atoms with Gasteiger partial charge in [-0.15, -0.1) is 0 Å². The van der Waals surface area contributed by atoms with Crippen molar-refractivity contribution in [2.45, 2.75) is 6.54 Å². The molecule has 1 aromatic heterocycles. The molecule has 104 valence electrons. The number of benzene rings is 1. The van der Waals surface area contributed by atoms with Crippen LogP contribution < -0.4 is 5.73 Å². The van der Waals surface area contributed by atoms with Gasteiger partial charge in [-0.3, -0.25) is 0 Å². The van der Waals surface area contributed by atoms with Crippen LogP contribution in [0.3, 0.4) is 0 Å². The number of rotatable bonds is 4. The van der Waals surface area contributed by atoms with Crippen LogP contribution in [0.4, 0.5) is 10.3 Å². The Morgan fingerprint density at radius 1 is 1.45 bits per heavy atom. The zero-order valence-corrected chi connectivity index (χ0v) is 10.7. The summed E-state index contributed by atoms with van der Waals surface area (Å²) in [4.78, 5) is 11.7. The van der Waals surface area contributed by atoms with E-state index in [1.807, 2.05) is 0 Å². The number of ether oxygens (including phenoxy) is 1. The van der Waals surface area contributed by atoms with Crippen LogP contribution in [-0.2, 0) is 16.1 Å². The van der Waals surface area contributed by atoms with Crippen molar-refractivity contribution < 1.29 is 13.9 Å². The van der Waals surface area contributed by atoms with E-state index < -0.39 is 5.97 Å². The summed E-state index contributed by atoms with van der Waals surface area (Å²) in [6, 6.07) is 5.68. The number of halogens is 1. The first-order chi connectivity index (χ1) is 9.60. The van der Waals surface area contributed by atoms with Crippen LogP contribution in [0, 0.1) is 5.82 Å². The second-order valence-corrected chi connectivity index (χ2v) is 3.91. The van der Waals surface area contributed by atoms with Crippen molar-refractivity contribution in [2.24, 2.45) is 0 Å². The van der Waals surface area contributed by atoms with Crippen LogP contribution in [0.1, 0.15) is 5.56 Å². The van der Waals surface area contributed by atoms with Gasteiger partial charge in [0.2, 0.25) is 5.95 Å². The van der Waals surface area contributed by atoms with Gasteiger partial charge in [0.1, 0.15) is 5.82 Å². The fourth-order valence-corrected chi connectivity index (χ4v) is 1.55. The van der Waals surface area contributed by atoms with E-state index in [2.05, 4.69) is 15.5 Å². The van der Waals surface area contributed by atoms with Crippen LogP contribution in [0.2, 0.25) is 0 Å². The first-order valence-electron chi connectivity index (χ1n) is 5.66. The second kappa shape index (κ2) is 5.91. The first-order valence-corrected chi connectivity index (χ1v) is 5.66. The molecular weight excluding hydrogens is 265 g/mol. The van der Waals surface area contributed by atoms with Crippen molar-refractivity contribution in [3.8, 4) is 0 Å². The van der Waals surface area contributed by atoms with Crippen molar-refractivity contribution in [3.63, 3.8) is 0 Å². The van der Waals surface area contributed by atoms with Gasteiger partial charge < -0.3 is 10.5 Å². The normalized spacial score (nSPS) is 11.4. The summed E-state index contributed by atoms with van der Waals surface area (Å²) in [5.41, 5.74) is 6.48. The molecule has 0 aliphatic heterocycles. The highest BCUT2D eigenvalue weighted by Gasteiger charge is 2.13. The predicted molar refractivity (Wildman–Crippen MR) is 68.6 cm³/mol. The van der Waals surface area contributed by atoms with Gasteiger partial charge in [0.05, 0.1) is 19.2 Å². The van der Waals surface area contributed by atoms with E-state index in [1.165, 1.54) is 23.9 Å². The Bertz CT molecular complexity index is 636. The van der Waals surface area contributed by atoms with E-state index >= 15 is 0 Å². The average Bonchev–Trinajstić information content (AvgIpc) is 2.85. The predicted octanol–water partition coefficient (Wildman–Crippen LogP) is 0.651. The average molecular weight is 277 g/mol. The number of nitrogens with zero attached hydrogens (tertiary/aromatic N) is 4. The maximum absolute atomic E-state index is 12.8. The maximum Gasteiger partial charge on any atom is 0.335 e. The van der Waals surface area contributed by atoms with Gasteiger partial charge in [-0.1, -0.05) is 17.2 Å². The number of aromatic nitrogens is 4.